The highest BCUT2D eigenvalue weighted by molar-refractivity contribution is 7.13. The Labute approximate surface area is 99.7 Å². The van der Waals surface area contributed by atoms with Crippen molar-refractivity contribution in [3.63, 3.8) is 0 Å². The lowest BCUT2D eigenvalue weighted by molar-refractivity contribution is -0.120. The Bertz CT molecular complexity index is 337. The minimum atomic E-state index is 0.00376. The molecule has 0 aliphatic heterocycles. The molecule has 0 saturated heterocycles. The summed E-state index contributed by atoms with van der Waals surface area (Å²) in [5.74, 6) is 0.00376. The molecule has 1 aromatic heterocycles. The van der Waals surface area contributed by atoms with Crippen LogP contribution in [0.1, 0.15) is 12.1 Å². The third kappa shape index (κ3) is 5.09. The molecule has 6 heteroatoms. The summed E-state index contributed by atoms with van der Waals surface area (Å²) in [6.07, 6.45) is 1.27. The molecule has 0 aliphatic rings. The van der Waals surface area contributed by atoms with Gasteiger partial charge in [-0.2, -0.15) is 0 Å². The van der Waals surface area contributed by atoms with Crippen LogP contribution in [-0.4, -0.2) is 43.0 Å². The van der Waals surface area contributed by atoms with Gasteiger partial charge in [0.25, 0.3) is 0 Å². The number of aromatic nitrogens is 1. The molecule has 0 radical (unpaired) electrons. The third-order valence-electron chi connectivity index (χ3n) is 2.02. The van der Waals surface area contributed by atoms with E-state index >= 15 is 0 Å². The molecule has 0 aliphatic carbocycles. The maximum atomic E-state index is 11.5. The molecule has 0 unspecified atom stereocenters. The SMILES string of the molecule is CN(C)CCCNC(=O)Cc1csc(N)n1. The number of thiazole rings is 1. The van der Waals surface area contributed by atoms with Crippen LogP contribution >= 0.6 is 11.3 Å². The minimum Gasteiger partial charge on any atom is -0.375 e. The topological polar surface area (TPSA) is 71.2 Å². The number of carbonyl (C=O) groups excluding carboxylic acids is 1. The summed E-state index contributed by atoms with van der Waals surface area (Å²) in [5.41, 5.74) is 6.22. The third-order valence-corrected chi connectivity index (χ3v) is 2.74. The second-order valence-corrected chi connectivity index (χ2v) is 4.75. The van der Waals surface area contributed by atoms with Gasteiger partial charge in [-0.25, -0.2) is 4.98 Å². The molecule has 0 spiro atoms. The predicted octanol–water partition coefficient (Wildman–Crippen LogP) is 0.336. The molecule has 1 rings (SSSR count). The van der Waals surface area contributed by atoms with Crippen LogP contribution in [0.15, 0.2) is 5.38 Å². The van der Waals surface area contributed by atoms with Gasteiger partial charge in [0.15, 0.2) is 5.13 Å². The van der Waals surface area contributed by atoms with Crippen LogP contribution in [0.4, 0.5) is 5.13 Å². The Morgan fingerprint density at radius 2 is 2.38 bits per heavy atom. The first-order valence-electron chi connectivity index (χ1n) is 5.19. The standard InChI is InChI=1S/C10H18N4OS/c1-14(2)5-3-4-12-9(15)6-8-7-16-10(11)13-8/h7H,3-6H2,1-2H3,(H2,11,13)(H,12,15). The molecule has 0 fully saturated rings. The highest BCUT2D eigenvalue weighted by atomic mass is 32.1. The molecule has 5 nitrogen and oxygen atoms in total. The van der Waals surface area contributed by atoms with Crippen LogP contribution in [0.2, 0.25) is 0 Å². The fourth-order valence-electron chi connectivity index (χ4n) is 1.25. The first-order valence-corrected chi connectivity index (χ1v) is 6.07. The number of nitrogens with one attached hydrogen (secondary N) is 1. The Kier molecular flexibility index (Phi) is 5.21. The highest BCUT2D eigenvalue weighted by Gasteiger charge is 2.05. The summed E-state index contributed by atoms with van der Waals surface area (Å²) in [7, 11) is 4.03. The number of hydrogen-bond acceptors (Lipinski definition) is 5. The fraction of sp³-hybridized carbons (Fsp3) is 0.600. The Hall–Kier alpha value is -1.14. The second kappa shape index (κ2) is 6.44. The van der Waals surface area contributed by atoms with E-state index in [0.29, 0.717) is 18.1 Å². The predicted molar refractivity (Wildman–Crippen MR) is 66.4 cm³/mol. The van der Waals surface area contributed by atoms with Gasteiger partial charge in [0, 0.05) is 11.9 Å². The van der Waals surface area contributed by atoms with Gasteiger partial charge in [0.1, 0.15) is 0 Å². The van der Waals surface area contributed by atoms with E-state index in [-0.39, 0.29) is 5.91 Å². The minimum absolute atomic E-state index is 0.00376. The number of nitrogens with two attached hydrogens (primary N) is 1. The van der Waals surface area contributed by atoms with Crippen LogP contribution < -0.4 is 11.1 Å². The maximum Gasteiger partial charge on any atom is 0.226 e. The Morgan fingerprint density at radius 1 is 1.62 bits per heavy atom. The number of carbonyl (C=O) groups is 1. The highest BCUT2D eigenvalue weighted by Crippen LogP contribution is 2.11. The summed E-state index contributed by atoms with van der Waals surface area (Å²) in [6.45, 7) is 1.68. The average Bonchev–Trinajstić information content (AvgIpc) is 2.58. The van der Waals surface area contributed by atoms with Gasteiger partial charge in [-0.15, -0.1) is 11.3 Å². The van der Waals surface area contributed by atoms with Crippen LogP contribution in [-0.2, 0) is 11.2 Å². The van der Waals surface area contributed by atoms with Gasteiger partial charge >= 0.3 is 0 Å². The van der Waals surface area contributed by atoms with Crippen molar-refractivity contribution in [3.8, 4) is 0 Å². The fourth-order valence-corrected chi connectivity index (χ4v) is 1.82. The van der Waals surface area contributed by atoms with Crippen LogP contribution in [0.5, 0.6) is 0 Å². The molecule has 16 heavy (non-hydrogen) atoms. The van der Waals surface area contributed by atoms with Crippen molar-refractivity contribution in [2.24, 2.45) is 0 Å². The molecule has 1 aromatic rings. The zero-order valence-electron chi connectivity index (χ0n) is 9.69. The number of anilines is 1. The van der Waals surface area contributed by atoms with Crippen molar-refractivity contribution in [3.05, 3.63) is 11.1 Å². The van der Waals surface area contributed by atoms with E-state index in [2.05, 4.69) is 15.2 Å². The van der Waals surface area contributed by atoms with Crippen molar-refractivity contribution in [2.45, 2.75) is 12.8 Å². The maximum absolute atomic E-state index is 11.5. The number of nitrogen functional groups attached to an aromatic ring is 1. The lowest BCUT2D eigenvalue weighted by Gasteiger charge is -2.09. The first-order chi connectivity index (χ1) is 7.58. The molecule has 90 valence electrons. The van der Waals surface area contributed by atoms with E-state index in [0.717, 1.165) is 18.7 Å². The quantitative estimate of drug-likeness (QED) is 0.706. The van der Waals surface area contributed by atoms with Crippen molar-refractivity contribution in [1.29, 1.82) is 0 Å². The molecular formula is C10H18N4OS. The van der Waals surface area contributed by atoms with E-state index in [1.165, 1.54) is 11.3 Å². The van der Waals surface area contributed by atoms with Crippen LogP contribution in [0.25, 0.3) is 0 Å². The zero-order valence-corrected chi connectivity index (χ0v) is 10.5. The van der Waals surface area contributed by atoms with Crippen molar-refractivity contribution in [2.75, 3.05) is 32.9 Å². The van der Waals surface area contributed by atoms with Crippen molar-refractivity contribution >= 4 is 22.4 Å². The van der Waals surface area contributed by atoms with Crippen molar-refractivity contribution in [1.82, 2.24) is 15.2 Å². The van der Waals surface area contributed by atoms with Gasteiger partial charge in [-0.3, -0.25) is 4.79 Å². The largest absolute Gasteiger partial charge is 0.375 e. The number of amides is 1. The Morgan fingerprint density at radius 3 is 2.94 bits per heavy atom. The van der Waals surface area contributed by atoms with E-state index < -0.39 is 0 Å². The van der Waals surface area contributed by atoms with Crippen molar-refractivity contribution < 1.29 is 4.79 Å². The molecule has 0 atom stereocenters. The number of nitrogens with zero attached hydrogens (tertiary/aromatic N) is 2. The average molecular weight is 242 g/mol. The number of rotatable bonds is 6. The summed E-state index contributed by atoms with van der Waals surface area (Å²) in [4.78, 5) is 17.6. The van der Waals surface area contributed by atoms with Crippen LogP contribution in [0.3, 0.4) is 0 Å². The van der Waals surface area contributed by atoms with E-state index in [1.54, 1.807) is 0 Å². The molecule has 1 amide bonds. The molecule has 3 N–H and O–H groups in total. The van der Waals surface area contributed by atoms with E-state index in [1.807, 2.05) is 19.5 Å². The molecule has 0 aromatic carbocycles. The van der Waals surface area contributed by atoms with Gasteiger partial charge in [-0.05, 0) is 27.1 Å². The van der Waals surface area contributed by atoms with Gasteiger partial charge in [0.05, 0.1) is 12.1 Å². The van der Waals surface area contributed by atoms with Gasteiger partial charge in [-0.1, -0.05) is 0 Å². The lowest BCUT2D eigenvalue weighted by atomic mass is 10.3. The second-order valence-electron chi connectivity index (χ2n) is 3.86. The van der Waals surface area contributed by atoms with Crippen LogP contribution in [0, 0.1) is 0 Å². The molecular weight excluding hydrogens is 224 g/mol. The molecule has 0 saturated carbocycles. The smallest absolute Gasteiger partial charge is 0.226 e. The summed E-state index contributed by atoms with van der Waals surface area (Å²) in [6, 6.07) is 0. The van der Waals surface area contributed by atoms with Gasteiger partial charge in [0.2, 0.25) is 5.91 Å². The normalized spacial score (nSPS) is 10.7. The monoisotopic (exact) mass is 242 g/mol. The summed E-state index contributed by atoms with van der Waals surface area (Å²) < 4.78 is 0. The lowest BCUT2D eigenvalue weighted by Crippen LogP contribution is -2.28. The molecule has 1 heterocycles. The van der Waals surface area contributed by atoms with Gasteiger partial charge < -0.3 is 16.0 Å². The summed E-state index contributed by atoms with van der Waals surface area (Å²) in [5, 5.41) is 5.18. The first kappa shape index (κ1) is 12.9. The van der Waals surface area contributed by atoms with E-state index in [9.17, 15) is 4.79 Å². The Balaban J connectivity index is 2.16. The number of hydrogen-bond donors (Lipinski definition) is 2. The zero-order chi connectivity index (χ0) is 12.0. The summed E-state index contributed by atoms with van der Waals surface area (Å²) >= 11 is 1.36. The van der Waals surface area contributed by atoms with E-state index in [4.69, 9.17) is 5.73 Å². The molecule has 0 bridgehead atoms.